The molecule has 1 aromatic rings. The molecule has 1 fully saturated rings. The molecule has 1 aliphatic rings. The highest BCUT2D eigenvalue weighted by Crippen LogP contribution is 2.15. The Hall–Kier alpha value is -2.30. The first-order valence-corrected chi connectivity index (χ1v) is 15.8. The molecule has 0 aliphatic carbocycles. The van der Waals surface area contributed by atoms with E-state index >= 15 is 0 Å². The summed E-state index contributed by atoms with van der Waals surface area (Å²) in [5, 5.41) is 21.4. The number of hydroxylamine groups is 2. The predicted octanol–water partition coefficient (Wildman–Crippen LogP) is 5.20. The van der Waals surface area contributed by atoms with Gasteiger partial charge in [0.05, 0.1) is 18.7 Å². The molecule has 2 rings (SSSR count). The van der Waals surface area contributed by atoms with Crippen LogP contribution in [0.25, 0.3) is 0 Å². The molecule has 2 heterocycles. The van der Waals surface area contributed by atoms with Crippen LogP contribution in [0.3, 0.4) is 0 Å². The molecule has 1 aliphatic heterocycles. The summed E-state index contributed by atoms with van der Waals surface area (Å²) in [6.07, 6.45) is 19.8. The van der Waals surface area contributed by atoms with Crippen molar-refractivity contribution in [2.45, 2.75) is 110 Å². The van der Waals surface area contributed by atoms with Crippen LogP contribution >= 0.6 is 0 Å². The number of carbonyl (C=O) groups excluding carboxylic acids is 1. The van der Waals surface area contributed by atoms with Crippen molar-refractivity contribution in [1.29, 1.82) is 0 Å². The molecule has 10 nitrogen and oxygen atoms in total. The number of hydrogen-bond acceptors (Lipinski definition) is 8. The van der Waals surface area contributed by atoms with E-state index < -0.39 is 11.0 Å². The van der Waals surface area contributed by atoms with Gasteiger partial charge < -0.3 is 20.0 Å². The maximum absolute atomic E-state index is 12.5. The van der Waals surface area contributed by atoms with Crippen molar-refractivity contribution in [2.24, 2.45) is 0 Å². The Labute approximate surface area is 241 Å². The largest absolute Gasteiger partial charge is 0.626 e. The van der Waals surface area contributed by atoms with Crippen molar-refractivity contribution in [3.05, 3.63) is 39.2 Å². The Balaban J connectivity index is 1.40. The number of piperazine rings is 1. The van der Waals surface area contributed by atoms with Crippen LogP contribution in [0.4, 0.5) is 5.82 Å². The minimum Gasteiger partial charge on any atom is -0.626 e. The fourth-order valence-electron chi connectivity index (χ4n) is 5.32. The zero-order valence-electron chi connectivity index (χ0n) is 24.8. The van der Waals surface area contributed by atoms with Gasteiger partial charge in [0, 0.05) is 32.4 Å². The summed E-state index contributed by atoms with van der Waals surface area (Å²) in [6, 6.07) is 3.63. The second-order valence-corrected chi connectivity index (χ2v) is 11.1. The molecule has 1 atom stereocenters. The van der Waals surface area contributed by atoms with Crippen LogP contribution in [0, 0.1) is 15.3 Å². The van der Waals surface area contributed by atoms with Gasteiger partial charge in [-0.05, 0) is 44.4 Å². The predicted molar refractivity (Wildman–Crippen MR) is 159 cm³/mol. The third kappa shape index (κ3) is 14.9. The van der Waals surface area contributed by atoms with Crippen LogP contribution in [0.15, 0.2) is 18.3 Å². The molecule has 40 heavy (non-hydrogen) atoms. The zero-order chi connectivity index (χ0) is 28.8. The maximum Gasteiger partial charge on any atom is 0.345 e. The van der Waals surface area contributed by atoms with Crippen molar-refractivity contribution in [3.8, 4) is 0 Å². The van der Waals surface area contributed by atoms with Crippen LogP contribution in [-0.4, -0.2) is 66.8 Å². The van der Waals surface area contributed by atoms with Crippen molar-refractivity contribution in [3.63, 3.8) is 0 Å². The van der Waals surface area contributed by atoms with Crippen LogP contribution < -0.4 is 9.96 Å². The van der Waals surface area contributed by atoms with Gasteiger partial charge in [0.25, 0.3) is 5.09 Å². The second kappa shape index (κ2) is 21.4. The van der Waals surface area contributed by atoms with E-state index in [2.05, 4.69) is 26.5 Å². The van der Waals surface area contributed by atoms with Crippen molar-refractivity contribution in [1.82, 2.24) is 9.88 Å². The molecular formula is C30H53N5O5. The average molecular weight is 564 g/mol. The number of aromatic nitrogens is 1. The maximum atomic E-state index is 12.5. The molecule has 0 saturated carbocycles. The normalized spacial score (nSPS) is 14.8. The molecule has 1 N–H and O–H groups in total. The van der Waals surface area contributed by atoms with Gasteiger partial charge in [-0.3, -0.25) is 4.90 Å². The van der Waals surface area contributed by atoms with Gasteiger partial charge in [0.1, 0.15) is 5.82 Å². The monoisotopic (exact) mass is 563 g/mol. The lowest BCUT2D eigenvalue weighted by Gasteiger charge is -2.35. The van der Waals surface area contributed by atoms with Crippen molar-refractivity contribution in [2.75, 3.05) is 50.8 Å². The average Bonchev–Trinajstić information content (AvgIpc) is 2.96. The van der Waals surface area contributed by atoms with Gasteiger partial charge in [0.15, 0.2) is 0 Å². The topological polar surface area (TPSA) is 116 Å². The number of pyridine rings is 1. The second-order valence-electron chi connectivity index (χ2n) is 11.1. The number of nitrogens with one attached hydrogen (secondary N) is 1. The highest BCUT2D eigenvalue weighted by atomic mass is 16.9. The lowest BCUT2D eigenvalue weighted by molar-refractivity contribution is -0.757. The molecule has 0 aromatic carbocycles. The number of unbranched alkanes of at least 4 members (excludes halogenated alkanes) is 14. The summed E-state index contributed by atoms with van der Waals surface area (Å²) < 4.78 is 0. The van der Waals surface area contributed by atoms with Gasteiger partial charge in [0.2, 0.25) is 0 Å². The van der Waals surface area contributed by atoms with Crippen LogP contribution in [-0.2, 0) is 4.84 Å². The molecule has 10 heteroatoms. The van der Waals surface area contributed by atoms with Crippen molar-refractivity contribution >= 4 is 11.7 Å². The molecule has 1 amide bonds. The number of rotatable bonds is 23. The summed E-state index contributed by atoms with van der Waals surface area (Å²) in [5.41, 5.74) is 0.402. The van der Waals surface area contributed by atoms with Crippen molar-refractivity contribution < 1.29 is 19.8 Å². The number of amides is 1. The molecule has 0 spiro atoms. The smallest absolute Gasteiger partial charge is 0.345 e. The van der Waals surface area contributed by atoms with E-state index in [9.17, 15) is 20.1 Å². The zero-order valence-corrected chi connectivity index (χ0v) is 24.8. The highest BCUT2D eigenvalue weighted by Gasteiger charge is 2.19. The molecule has 0 radical (unpaired) electrons. The van der Waals surface area contributed by atoms with Crippen LogP contribution in [0.1, 0.15) is 120 Å². The molecule has 1 saturated heterocycles. The molecule has 1 aromatic heterocycles. The Bertz CT molecular complexity index is 802. The Morgan fingerprint density at radius 2 is 1.40 bits per heavy atom. The van der Waals surface area contributed by atoms with E-state index in [0.717, 1.165) is 77.1 Å². The van der Waals surface area contributed by atoms with E-state index in [-0.39, 0.29) is 11.7 Å². The lowest BCUT2D eigenvalue weighted by atomic mass is 10.0. The fourth-order valence-corrected chi connectivity index (χ4v) is 5.32. The number of carbonyl (C=O) groups is 1. The standard InChI is InChI=1S/C30H53N5O5/c1-2-20-32-22-24-33(25-23-32)29-19-18-28(27-31-29)30(36)34(37)21-16-14-12-10-8-6-4-3-5-7-9-11-13-15-17-26-40-35(38)39/h18-19,27,34H,2-17,20-26H2,1H3. The summed E-state index contributed by atoms with van der Waals surface area (Å²) in [4.78, 5) is 36.1. The van der Waals surface area contributed by atoms with E-state index in [4.69, 9.17) is 0 Å². The van der Waals surface area contributed by atoms with Gasteiger partial charge in [-0.1, -0.05) is 84.0 Å². The quantitative estimate of drug-likeness (QED) is 0.110. The highest BCUT2D eigenvalue weighted by molar-refractivity contribution is 5.87. The van der Waals surface area contributed by atoms with E-state index in [1.165, 1.54) is 64.2 Å². The van der Waals surface area contributed by atoms with Gasteiger partial charge in [-0.25, -0.2) is 9.78 Å². The van der Waals surface area contributed by atoms with Crippen LogP contribution in [0.5, 0.6) is 0 Å². The summed E-state index contributed by atoms with van der Waals surface area (Å²) in [7, 11) is 0. The number of nitrogens with zero attached hydrogens (tertiary/aromatic N) is 4. The number of hydrogen-bond donors (Lipinski definition) is 1. The molecule has 0 bridgehead atoms. The summed E-state index contributed by atoms with van der Waals surface area (Å²) in [5.74, 6) is 0.474. The summed E-state index contributed by atoms with van der Waals surface area (Å²) in [6.45, 7) is 7.83. The Morgan fingerprint density at radius 1 is 0.875 bits per heavy atom. The minimum absolute atomic E-state index is 0.218. The van der Waals surface area contributed by atoms with Crippen LogP contribution in [0.2, 0.25) is 0 Å². The SMILES string of the molecule is CCCN1CCN(c2ccc(C(=O)[NH+]([O-])CCCCCCCCCCCCCCCCCO[N+](=O)[O-])cn2)CC1. The van der Waals surface area contributed by atoms with E-state index in [1.54, 1.807) is 12.3 Å². The third-order valence-corrected chi connectivity index (χ3v) is 7.74. The first kappa shape index (κ1) is 33.9. The minimum atomic E-state index is -0.720. The first-order chi connectivity index (χ1) is 19.5. The van der Waals surface area contributed by atoms with Gasteiger partial charge in [-0.2, -0.15) is 0 Å². The van der Waals surface area contributed by atoms with Gasteiger partial charge >= 0.3 is 5.91 Å². The third-order valence-electron chi connectivity index (χ3n) is 7.74. The molecule has 228 valence electrons. The molecule has 1 unspecified atom stereocenters. The molecular weight excluding hydrogens is 510 g/mol. The van der Waals surface area contributed by atoms with E-state index in [1.807, 2.05) is 6.07 Å². The lowest BCUT2D eigenvalue weighted by Crippen LogP contribution is -3.10. The Kier molecular flexibility index (Phi) is 18.2. The number of quaternary nitrogens is 1. The fraction of sp³-hybridized carbons (Fsp3) is 0.800. The summed E-state index contributed by atoms with van der Waals surface area (Å²) >= 11 is 0. The van der Waals surface area contributed by atoms with E-state index in [0.29, 0.717) is 12.1 Å². The number of anilines is 1. The van der Waals surface area contributed by atoms with Gasteiger partial charge in [-0.15, -0.1) is 10.1 Å². The first-order valence-electron chi connectivity index (χ1n) is 15.8. The Morgan fingerprint density at radius 3 is 1.88 bits per heavy atom.